The Hall–Kier alpha value is -4.00. The van der Waals surface area contributed by atoms with Crippen LogP contribution in [0.1, 0.15) is 16.2 Å². The van der Waals surface area contributed by atoms with E-state index in [0.29, 0.717) is 5.89 Å². The number of anilines is 1. The lowest BCUT2D eigenvalue weighted by atomic mass is 9.93. The molecule has 4 aromatic heterocycles. The van der Waals surface area contributed by atoms with Crippen LogP contribution in [0, 0.1) is 11.7 Å². The fraction of sp³-hybridized carbons (Fsp3) is 0.211. The third-order valence-electron chi connectivity index (χ3n) is 5.14. The van der Waals surface area contributed by atoms with Crippen LogP contribution in [0.4, 0.5) is 10.2 Å². The van der Waals surface area contributed by atoms with Gasteiger partial charge in [-0.25, -0.2) is 24.1 Å². The number of Topliss-reactive ketones (excluding diaryl/α,β-unsaturated/α-hetero) is 1. The Kier molecular flexibility index (Phi) is 4.74. The van der Waals surface area contributed by atoms with Crippen molar-refractivity contribution in [2.45, 2.75) is 6.42 Å². The highest BCUT2D eigenvalue weighted by Crippen LogP contribution is 2.29. The third-order valence-corrected chi connectivity index (χ3v) is 5.81. The molecule has 1 fully saturated rings. The third kappa shape index (κ3) is 3.32. The number of aromatic carboxylic acids is 1. The van der Waals surface area contributed by atoms with E-state index >= 15 is 0 Å². The zero-order valence-corrected chi connectivity index (χ0v) is 17.0. The first-order valence-electron chi connectivity index (χ1n) is 9.34. The van der Waals surface area contributed by atoms with Gasteiger partial charge in [0.05, 0.1) is 23.9 Å². The molecule has 32 heavy (non-hydrogen) atoms. The average molecular weight is 456 g/mol. The number of carboxylic acids is 1. The fourth-order valence-electron chi connectivity index (χ4n) is 3.50. The highest BCUT2D eigenvalue weighted by Gasteiger charge is 2.35. The first kappa shape index (κ1) is 19.9. The van der Waals surface area contributed by atoms with Crippen LogP contribution in [0.15, 0.2) is 40.3 Å². The molecule has 1 N–H and O–H groups in total. The highest BCUT2D eigenvalue weighted by molar-refractivity contribution is 7.08. The van der Waals surface area contributed by atoms with E-state index in [0.717, 1.165) is 23.8 Å². The van der Waals surface area contributed by atoms with Crippen molar-refractivity contribution in [2.24, 2.45) is 5.92 Å². The highest BCUT2D eigenvalue weighted by atomic mass is 32.1. The molecule has 5 rings (SSSR count). The molecular formula is C19H13FN6O5S. The van der Waals surface area contributed by atoms with Crippen LogP contribution in [0.3, 0.4) is 0 Å². The van der Waals surface area contributed by atoms with E-state index < -0.39 is 22.8 Å². The predicted molar refractivity (Wildman–Crippen MR) is 109 cm³/mol. The predicted octanol–water partition coefficient (Wildman–Crippen LogP) is 1.31. The molecule has 0 aromatic carbocycles. The van der Waals surface area contributed by atoms with Gasteiger partial charge in [0.2, 0.25) is 16.5 Å². The number of rotatable bonds is 6. The number of oxazole rings is 1. The Morgan fingerprint density at radius 1 is 1.31 bits per heavy atom. The number of nitrogens with zero attached hydrogens (tertiary/aromatic N) is 6. The van der Waals surface area contributed by atoms with Crippen molar-refractivity contribution in [3.05, 3.63) is 58.5 Å². The summed E-state index contributed by atoms with van der Waals surface area (Å²) < 4.78 is 25.1. The van der Waals surface area contributed by atoms with E-state index in [9.17, 15) is 23.9 Å². The standard InChI is InChI=1S/C19H13FN6O5S/c20-12-3-10-15(28)11(18(29)30)7-26(19-22-8-23-32-19)16(10)24-17(12)25-5-9(6-25)13(27)4-14-21-1-2-31-14/h1-3,7-9H,4-6H2,(H,29,30). The van der Waals surface area contributed by atoms with E-state index in [1.807, 2.05) is 0 Å². The lowest BCUT2D eigenvalue weighted by Gasteiger charge is -2.39. The molecule has 0 spiro atoms. The van der Waals surface area contributed by atoms with E-state index in [4.69, 9.17) is 4.42 Å². The number of pyridine rings is 2. The molecule has 13 heteroatoms. The molecule has 0 radical (unpaired) electrons. The number of carboxylic acid groups (broad SMARTS) is 1. The number of ketones is 1. The smallest absolute Gasteiger partial charge is 0.341 e. The van der Waals surface area contributed by atoms with Gasteiger partial charge in [0.25, 0.3) is 0 Å². The van der Waals surface area contributed by atoms with E-state index in [-0.39, 0.29) is 53.2 Å². The first-order chi connectivity index (χ1) is 15.4. The van der Waals surface area contributed by atoms with Crippen molar-refractivity contribution < 1.29 is 23.5 Å². The Morgan fingerprint density at radius 3 is 2.78 bits per heavy atom. The molecule has 1 aliphatic heterocycles. The summed E-state index contributed by atoms with van der Waals surface area (Å²) in [4.78, 5) is 50.3. The maximum absolute atomic E-state index is 14.9. The minimum absolute atomic E-state index is 0.0431. The summed E-state index contributed by atoms with van der Waals surface area (Å²) in [6.07, 6.45) is 5.26. The van der Waals surface area contributed by atoms with Crippen molar-refractivity contribution in [1.29, 1.82) is 0 Å². The Bertz CT molecular complexity index is 1400. The van der Waals surface area contributed by atoms with Gasteiger partial charge in [-0.2, -0.15) is 4.37 Å². The molecule has 11 nitrogen and oxygen atoms in total. The van der Waals surface area contributed by atoms with E-state index in [2.05, 4.69) is 19.3 Å². The lowest BCUT2D eigenvalue weighted by molar-refractivity contribution is -0.123. The van der Waals surface area contributed by atoms with Gasteiger partial charge >= 0.3 is 5.97 Å². The zero-order chi connectivity index (χ0) is 22.4. The van der Waals surface area contributed by atoms with Crippen molar-refractivity contribution in [2.75, 3.05) is 18.0 Å². The van der Waals surface area contributed by atoms with Gasteiger partial charge < -0.3 is 14.4 Å². The van der Waals surface area contributed by atoms with Crippen molar-refractivity contribution in [3.63, 3.8) is 0 Å². The molecule has 0 bridgehead atoms. The summed E-state index contributed by atoms with van der Waals surface area (Å²) in [6, 6.07) is 0.964. The molecular weight excluding hydrogens is 443 g/mol. The van der Waals surface area contributed by atoms with Gasteiger partial charge in [-0.05, 0) is 6.07 Å². The van der Waals surface area contributed by atoms with E-state index in [1.54, 1.807) is 4.90 Å². The van der Waals surface area contributed by atoms with Crippen LogP contribution < -0.4 is 10.3 Å². The second kappa shape index (κ2) is 7.60. The maximum atomic E-state index is 14.9. The summed E-state index contributed by atoms with van der Waals surface area (Å²) in [7, 11) is 0. The van der Waals surface area contributed by atoms with Gasteiger partial charge in [0.1, 0.15) is 23.9 Å². The molecule has 0 atom stereocenters. The normalized spacial score (nSPS) is 14.0. The molecule has 0 unspecified atom stereocenters. The van der Waals surface area contributed by atoms with Gasteiger partial charge in [-0.3, -0.25) is 14.2 Å². The quantitative estimate of drug-likeness (QED) is 0.451. The summed E-state index contributed by atoms with van der Waals surface area (Å²) in [6.45, 7) is 0.483. The molecule has 1 aliphatic rings. The number of hydrogen-bond donors (Lipinski definition) is 1. The first-order valence-corrected chi connectivity index (χ1v) is 10.1. The largest absolute Gasteiger partial charge is 0.477 e. The van der Waals surface area contributed by atoms with Gasteiger partial charge in [0.15, 0.2) is 17.3 Å². The van der Waals surface area contributed by atoms with Crippen LogP contribution in [-0.4, -0.2) is 53.8 Å². The van der Waals surface area contributed by atoms with Crippen molar-refractivity contribution >= 4 is 40.1 Å². The van der Waals surface area contributed by atoms with Crippen LogP contribution in [0.5, 0.6) is 0 Å². The Labute approximate surface area is 181 Å². The van der Waals surface area contributed by atoms with Crippen LogP contribution in [0.2, 0.25) is 0 Å². The van der Waals surface area contributed by atoms with Crippen LogP contribution in [-0.2, 0) is 11.2 Å². The summed E-state index contributed by atoms with van der Waals surface area (Å²) in [5.74, 6) is -2.38. The number of carbonyl (C=O) groups is 2. The zero-order valence-electron chi connectivity index (χ0n) is 16.1. The molecule has 1 saturated heterocycles. The van der Waals surface area contributed by atoms with Crippen LogP contribution >= 0.6 is 11.5 Å². The summed E-state index contributed by atoms with van der Waals surface area (Å²) in [5, 5.41) is 9.44. The van der Waals surface area contributed by atoms with Gasteiger partial charge in [-0.1, -0.05) is 0 Å². The number of hydrogen-bond acceptors (Lipinski definition) is 10. The van der Waals surface area contributed by atoms with Crippen molar-refractivity contribution in [3.8, 4) is 5.13 Å². The summed E-state index contributed by atoms with van der Waals surface area (Å²) in [5.41, 5.74) is -1.35. The number of fused-ring (bicyclic) bond motifs is 1. The lowest BCUT2D eigenvalue weighted by Crippen LogP contribution is -2.51. The topological polar surface area (TPSA) is 144 Å². The second-order valence-electron chi connectivity index (χ2n) is 7.11. The fourth-order valence-corrected chi connectivity index (χ4v) is 4.01. The average Bonchev–Trinajstić information content (AvgIpc) is 3.42. The number of carbonyl (C=O) groups excluding carboxylic acids is 1. The van der Waals surface area contributed by atoms with Crippen LogP contribution in [0.25, 0.3) is 16.2 Å². The molecule has 0 amide bonds. The minimum Gasteiger partial charge on any atom is -0.477 e. The molecule has 0 aliphatic carbocycles. The summed E-state index contributed by atoms with van der Waals surface area (Å²) >= 11 is 0.961. The number of aromatic nitrogens is 5. The SMILES string of the molecule is O=C(O)c1cn(-c2ncns2)c2nc(N3CC(C(=O)Cc4ncco4)C3)c(F)cc2c1=O. The molecule has 162 valence electrons. The van der Waals surface area contributed by atoms with Crippen molar-refractivity contribution in [1.82, 2.24) is 23.9 Å². The Balaban J connectivity index is 1.50. The molecule has 0 saturated carbocycles. The maximum Gasteiger partial charge on any atom is 0.341 e. The minimum atomic E-state index is -1.45. The molecule has 4 aromatic rings. The molecule has 5 heterocycles. The van der Waals surface area contributed by atoms with Gasteiger partial charge in [-0.15, -0.1) is 0 Å². The number of halogens is 1. The Morgan fingerprint density at radius 2 is 2.12 bits per heavy atom. The second-order valence-corrected chi connectivity index (χ2v) is 7.87. The van der Waals surface area contributed by atoms with E-state index in [1.165, 1.54) is 23.4 Å². The van der Waals surface area contributed by atoms with Gasteiger partial charge in [0, 0.05) is 30.8 Å². The monoisotopic (exact) mass is 456 g/mol.